The first kappa shape index (κ1) is 20.2. The Balaban J connectivity index is 1.67. The van der Waals surface area contributed by atoms with Crippen molar-refractivity contribution in [2.75, 3.05) is 0 Å². The molecule has 156 valence electrons. The SMILES string of the molecule is Cc1noc(C)c1C(=O)N[C@@H](Cc1cc(=O)[nH]c(-c2cccnc2)n1)c1ccccc1. The third-order valence-corrected chi connectivity index (χ3v) is 4.91. The van der Waals surface area contributed by atoms with Crippen molar-refractivity contribution in [1.82, 2.24) is 25.4 Å². The monoisotopic (exact) mass is 415 g/mol. The van der Waals surface area contributed by atoms with Crippen molar-refractivity contribution in [2.24, 2.45) is 0 Å². The number of nitrogens with one attached hydrogen (secondary N) is 2. The third-order valence-electron chi connectivity index (χ3n) is 4.91. The number of pyridine rings is 1. The molecule has 0 bridgehead atoms. The molecule has 0 unspecified atom stereocenters. The van der Waals surface area contributed by atoms with Crippen LogP contribution in [0.25, 0.3) is 11.4 Å². The van der Waals surface area contributed by atoms with Crippen LogP contribution in [0.3, 0.4) is 0 Å². The minimum absolute atomic E-state index is 0.271. The zero-order valence-corrected chi connectivity index (χ0v) is 17.1. The summed E-state index contributed by atoms with van der Waals surface area (Å²) in [7, 11) is 0. The fourth-order valence-corrected chi connectivity index (χ4v) is 3.44. The van der Waals surface area contributed by atoms with E-state index in [1.807, 2.05) is 36.4 Å². The van der Waals surface area contributed by atoms with Crippen molar-refractivity contribution in [3.8, 4) is 11.4 Å². The molecule has 1 atom stereocenters. The van der Waals surface area contributed by atoms with E-state index in [0.717, 1.165) is 5.56 Å². The van der Waals surface area contributed by atoms with E-state index in [-0.39, 0.29) is 11.5 Å². The van der Waals surface area contributed by atoms with E-state index in [4.69, 9.17) is 4.52 Å². The minimum Gasteiger partial charge on any atom is -0.361 e. The minimum atomic E-state index is -0.404. The highest BCUT2D eigenvalue weighted by Crippen LogP contribution is 2.21. The van der Waals surface area contributed by atoms with Gasteiger partial charge in [0, 0.05) is 30.4 Å². The molecule has 0 radical (unpaired) electrons. The predicted molar refractivity (Wildman–Crippen MR) is 114 cm³/mol. The van der Waals surface area contributed by atoms with Crippen molar-refractivity contribution < 1.29 is 9.32 Å². The van der Waals surface area contributed by atoms with Crippen molar-refractivity contribution >= 4 is 5.91 Å². The Kier molecular flexibility index (Phi) is 5.70. The van der Waals surface area contributed by atoms with Crippen LogP contribution in [0.5, 0.6) is 0 Å². The number of nitrogens with zero attached hydrogens (tertiary/aromatic N) is 3. The highest BCUT2D eigenvalue weighted by atomic mass is 16.5. The van der Waals surface area contributed by atoms with E-state index in [9.17, 15) is 9.59 Å². The van der Waals surface area contributed by atoms with Gasteiger partial charge in [0.2, 0.25) is 0 Å². The first-order valence-electron chi connectivity index (χ1n) is 9.80. The van der Waals surface area contributed by atoms with Gasteiger partial charge in [-0.1, -0.05) is 35.5 Å². The van der Waals surface area contributed by atoms with E-state index in [1.165, 1.54) is 6.07 Å². The number of benzene rings is 1. The normalized spacial score (nSPS) is 11.8. The number of hydrogen-bond donors (Lipinski definition) is 2. The molecule has 3 heterocycles. The second kappa shape index (κ2) is 8.74. The van der Waals surface area contributed by atoms with Crippen LogP contribution < -0.4 is 10.9 Å². The molecule has 0 saturated heterocycles. The average molecular weight is 415 g/mol. The van der Waals surface area contributed by atoms with Crippen molar-refractivity contribution in [3.05, 3.63) is 99.6 Å². The van der Waals surface area contributed by atoms with E-state index in [2.05, 4.69) is 25.4 Å². The summed E-state index contributed by atoms with van der Waals surface area (Å²) in [5, 5.41) is 6.90. The molecular formula is C23H21N5O3. The summed E-state index contributed by atoms with van der Waals surface area (Å²) in [4.78, 5) is 36.7. The molecule has 0 saturated carbocycles. The van der Waals surface area contributed by atoms with E-state index in [0.29, 0.717) is 40.5 Å². The fraction of sp³-hybridized carbons (Fsp3) is 0.174. The number of carbonyl (C=O) groups excluding carboxylic acids is 1. The molecule has 4 rings (SSSR count). The van der Waals surface area contributed by atoms with Crippen LogP contribution in [0.1, 0.15) is 39.1 Å². The Hall–Kier alpha value is -4.07. The van der Waals surface area contributed by atoms with Gasteiger partial charge in [-0.3, -0.25) is 14.6 Å². The van der Waals surface area contributed by atoms with Crippen molar-refractivity contribution in [3.63, 3.8) is 0 Å². The number of H-pyrrole nitrogens is 1. The number of hydrogen-bond acceptors (Lipinski definition) is 6. The van der Waals surface area contributed by atoms with Gasteiger partial charge >= 0.3 is 0 Å². The predicted octanol–water partition coefficient (Wildman–Crippen LogP) is 3.15. The molecule has 4 aromatic rings. The van der Waals surface area contributed by atoms with E-state index in [1.54, 1.807) is 32.3 Å². The van der Waals surface area contributed by atoms with Gasteiger partial charge in [-0.15, -0.1) is 0 Å². The molecule has 8 nitrogen and oxygen atoms in total. The van der Waals surface area contributed by atoms with Crippen LogP contribution >= 0.6 is 0 Å². The standard InChI is InChI=1S/C23H21N5O3/c1-14-21(15(2)31-28-14)23(30)26-19(16-7-4-3-5-8-16)11-18-12-20(29)27-22(25-18)17-9-6-10-24-13-17/h3-10,12-13,19H,11H2,1-2H3,(H,26,30)(H,25,27,29)/t19-/m0/s1. The van der Waals surface area contributed by atoms with Gasteiger partial charge in [-0.25, -0.2) is 4.98 Å². The third kappa shape index (κ3) is 4.58. The molecule has 3 aromatic heterocycles. The first-order valence-corrected chi connectivity index (χ1v) is 9.80. The van der Waals surface area contributed by atoms with Crippen LogP contribution in [0.2, 0.25) is 0 Å². The van der Waals surface area contributed by atoms with Gasteiger partial charge in [0.25, 0.3) is 11.5 Å². The molecule has 0 aliphatic heterocycles. The van der Waals surface area contributed by atoms with E-state index >= 15 is 0 Å². The summed E-state index contributed by atoms with van der Waals surface area (Å²) >= 11 is 0. The second-order valence-electron chi connectivity index (χ2n) is 7.17. The first-order chi connectivity index (χ1) is 15.0. The fourth-order valence-electron chi connectivity index (χ4n) is 3.44. The molecule has 2 N–H and O–H groups in total. The zero-order chi connectivity index (χ0) is 21.8. The Morgan fingerprint density at radius 2 is 1.97 bits per heavy atom. The van der Waals surface area contributed by atoms with Gasteiger partial charge in [-0.05, 0) is 31.5 Å². The number of carbonyl (C=O) groups is 1. The number of rotatable bonds is 6. The maximum atomic E-state index is 13.0. The summed E-state index contributed by atoms with van der Waals surface area (Å²) in [6, 6.07) is 14.2. The summed E-state index contributed by atoms with van der Waals surface area (Å²) in [5.74, 6) is 0.594. The van der Waals surface area contributed by atoms with Gasteiger partial charge in [0.15, 0.2) is 0 Å². The van der Waals surface area contributed by atoms with E-state index < -0.39 is 6.04 Å². The molecule has 8 heteroatoms. The summed E-state index contributed by atoms with van der Waals surface area (Å²) in [5.41, 5.74) is 2.82. The van der Waals surface area contributed by atoms with Gasteiger partial charge in [0.1, 0.15) is 17.1 Å². The molecule has 31 heavy (non-hydrogen) atoms. The Morgan fingerprint density at radius 3 is 2.65 bits per heavy atom. The molecule has 0 fully saturated rings. The highest BCUT2D eigenvalue weighted by Gasteiger charge is 2.22. The maximum Gasteiger partial charge on any atom is 0.257 e. The lowest BCUT2D eigenvalue weighted by Crippen LogP contribution is -2.31. The van der Waals surface area contributed by atoms with Gasteiger partial charge in [0.05, 0.1) is 17.4 Å². The maximum absolute atomic E-state index is 13.0. The lowest BCUT2D eigenvalue weighted by atomic mass is 10.0. The van der Waals surface area contributed by atoms with Crippen LogP contribution in [-0.2, 0) is 6.42 Å². The van der Waals surface area contributed by atoms with Crippen LogP contribution in [-0.4, -0.2) is 26.0 Å². The van der Waals surface area contributed by atoms with Crippen molar-refractivity contribution in [2.45, 2.75) is 26.3 Å². The number of aromatic amines is 1. The topological polar surface area (TPSA) is 114 Å². The number of amides is 1. The van der Waals surface area contributed by atoms with Crippen molar-refractivity contribution in [1.29, 1.82) is 0 Å². The van der Waals surface area contributed by atoms with Crippen LogP contribution in [0.15, 0.2) is 70.2 Å². The Labute approximate surface area is 178 Å². The molecular weight excluding hydrogens is 394 g/mol. The summed E-state index contributed by atoms with van der Waals surface area (Å²) in [6.45, 7) is 3.42. The lowest BCUT2D eigenvalue weighted by Gasteiger charge is -2.19. The zero-order valence-electron chi connectivity index (χ0n) is 17.1. The lowest BCUT2D eigenvalue weighted by molar-refractivity contribution is 0.0934. The summed E-state index contributed by atoms with van der Waals surface area (Å²) in [6.07, 6.45) is 3.62. The number of aromatic nitrogens is 4. The largest absolute Gasteiger partial charge is 0.361 e. The molecule has 0 aliphatic carbocycles. The van der Waals surface area contributed by atoms with Gasteiger partial charge in [-0.2, -0.15) is 0 Å². The average Bonchev–Trinajstić information content (AvgIpc) is 3.12. The number of aryl methyl sites for hydroxylation is 2. The molecule has 1 aromatic carbocycles. The summed E-state index contributed by atoms with van der Waals surface area (Å²) < 4.78 is 5.13. The second-order valence-corrected chi connectivity index (χ2v) is 7.17. The smallest absolute Gasteiger partial charge is 0.257 e. The molecule has 0 aliphatic rings. The quantitative estimate of drug-likeness (QED) is 0.500. The van der Waals surface area contributed by atoms with Crippen LogP contribution in [0.4, 0.5) is 0 Å². The highest BCUT2D eigenvalue weighted by molar-refractivity contribution is 5.96. The molecule has 0 spiro atoms. The Morgan fingerprint density at radius 1 is 1.16 bits per heavy atom. The van der Waals surface area contributed by atoms with Gasteiger partial charge < -0.3 is 14.8 Å². The van der Waals surface area contributed by atoms with Crippen LogP contribution in [0, 0.1) is 13.8 Å². The molecule has 1 amide bonds. The Bertz CT molecular complexity index is 1230.